The van der Waals surface area contributed by atoms with Gasteiger partial charge in [0.05, 0.1) is 6.04 Å². The van der Waals surface area contributed by atoms with Crippen molar-refractivity contribution in [3.05, 3.63) is 149 Å². The highest BCUT2D eigenvalue weighted by Crippen LogP contribution is 2.58. The van der Waals surface area contributed by atoms with Crippen molar-refractivity contribution in [3.8, 4) is 11.1 Å². The molecule has 1 heterocycles. The first kappa shape index (κ1) is 22.8. The first-order valence-corrected chi connectivity index (χ1v) is 14.2. The van der Waals surface area contributed by atoms with Gasteiger partial charge in [-0.05, 0) is 93.8 Å². The molecule has 2 saturated carbocycles. The van der Waals surface area contributed by atoms with Crippen LogP contribution in [0.15, 0.2) is 127 Å². The second-order valence-corrected chi connectivity index (χ2v) is 11.8. The minimum Gasteiger partial charge on any atom is -0.355 e. The summed E-state index contributed by atoms with van der Waals surface area (Å²) in [5, 5.41) is 3.50. The van der Waals surface area contributed by atoms with Crippen LogP contribution in [0.3, 0.4) is 0 Å². The number of nitrogens with one attached hydrogen (secondary N) is 1. The van der Waals surface area contributed by atoms with Crippen molar-refractivity contribution < 1.29 is 0 Å². The highest BCUT2D eigenvalue weighted by molar-refractivity contribution is 5.81. The van der Waals surface area contributed by atoms with Gasteiger partial charge in [-0.3, -0.25) is 0 Å². The van der Waals surface area contributed by atoms with Crippen molar-refractivity contribution in [2.45, 2.75) is 24.3 Å². The van der Waals surface area contributed by atoms with Crippen molar-refractivity contribution in [2.75, 3.05) is 5.32 Å². The molecule has 0 spiro atoms. The number of para-hydroxylation sites is 1. The van der Waals surface area contributed by atoms with Crippen LogP contribution in [0, 0.1) is 17.8 Å². The van der Waals surface area contributed by atoms with Crippen LogP contribution in [0.2, 0.25) is 0 Å². The number of hydrogen-bond acceptors (Lipinski definition) is 2. The van der Waals surface area contributed by atoms with E-state index >= 15 is 0 Å². The van der Waals surface area contributed by atoms with E-state index < -0.39 is 0 Å². The first-order chi connectivity index (χ1) is 19.1. The van der Waals surface area contributed by atoms with E-state index in [1.54, 1.807) is 0 Å². The van der Waals surface area contributed by atoms with E-state index in [0.717, 1.165) is 28.8 Å². The predicted molar refractivity (Wildman–Crippen MR) is 163 cm³/mol. The van der Waals surface area contributed by atoms with Crippen LogP contribution < -0.4 is 11.1 Å². The van der Waals surface area contributed by atoms with E-state index in [0.29, 0.717) is 5.92 Å². The Balaban J connectivity index is 1.10. The van der Waals surface area contributed by atoms with Gasteiger partial charge >= 0.3 is 0 Å². The fourth-order valence-electron chi connectivity index (χ4n) is 6.59. The normalized spacial score (nSPS) is 28.7. The standard InChI is InChI=1S/C37H32N2/c38-35(22-34-15-14-26-5-1-2-7-36(26)39-34)25-10-8-24(9-11-25)30-19-31(28-13-12-27-17-29(27)18-28)21-33(20-30)37-16-4-3-6-32(37)23-37/h1-16,18-22,27,29,32,35,39H,17,23,38H2/b34-22-. The molecule has 3 N–H and O–H groups in total. The van der Waals surface area contributed by atoms with Crippen molar-refractivity contribution in [1.82, 2.24) is 0 Å². The lowest BCUT2D eigenvalue weighted by atomic mass is 9.85. The number of fused-ring (bicyclic) bond motifs is 3. The fourth-order valence-corrected chi connectivity index (χ4v) is 6.59. The van der Waals surface area contributed by atoms with Gasteiger partial charge < -0.3 is 11.1 Å². The quantitative estimate of drug-likeness (QED) is 0.366. The lowest BCUT2D eigenvalue weighted by molar-refractivity contribution is 0.817. The van der Waals surface area contributed by atoms with Crippen LogP contribution in [0.25, 0.3) is 22.8 Å². The van der Waals surface area contributed by atoms with Gasteiger partial charge in [0.2, 0.25) is 0 Å². The monoisotopic (exact) mass is 504 g/mol. The molecule has 8 rings (SSSR count). The lowest BCUT2D eigenvalue weighted by Gasteiger charge is -2.19. The van der Waals surface area contributed by atoms with E-state index in [9.17, 15) is 0 Å². The summed E-state index contributed by atoms with van der Waals surface area (Å²) in [6.45, 7) is 0. The van der Waals surface area contributed by atoms with E-state index in [1.807, 2.05) is 0 Å². The molecule has 39 heavy (non-hydrogen) atoms. The third-order valence-corrected chi connectivity index (χ3v) is 9.19. The zero-order chi connectivity index (χ0) is 26.0. The molecule has 0 bridgehead atoms. The Morgan fingerprint density at radius 2 is 1.72 bits per heavy atom. The second-order valence-electron chi connectivity index (χ2n) is 11.8. The maximum atomic E-state index is 6.64. The highest BCUT2D eigenvalue weighted by atomic mass is 14.9. The molecule has 2 heteroatoms. The summed E-state index contributed by atoms with van der Waals surface area (Å²) in [5.74, 6) is 2.13. The van der Waals surface area contributed by atoms with Crippen LogP contribution >= 0.6 is 0 Å². The van der Waals surface area contributed by atoms with E-state index in [1.165, 1.54) is 46.2 Å². The van der Waals surface area contributed by atoms with Gasteiger partial charge in [-0.2, -0.15) is 0 Å². The van der Waals surface area contributed by atoms with Gasteiger partial charge in [-0.1, -0.05) is 103 Å². The molecule has 0 amide bonds. The number of nitrogens with two attached hydrogens (primary N) is 1. The van der Waals surface area contributed by atoms with Crippen molar-refractivity contribution in [3.63, 3.8) is 0 Å². The maximum Gasteiger partial charge on any atom is 0.0504 e. The van der Waals surface area contributed by atoms with Crippen LogP contribution in [0.5, 0.6) is 0 Å². The summed E-state index contributed by atoms with van der Waals surface area (Å²) in [6, 6.07) is 24.2. The molecule has 5 aliphatic rings. The molecule has 2 fully saturated rings. The topological polar surface area (TPSA) is 38.0 Å². The molecule has 3 aromatic carbocycles. The fraction of sp³-hybridized carbons (Fsp3) is 0.189. The molecular weight excluding hydrogens is 472 g/mol. The van der Waals surface area contributed by atoms with Crippen LogP contribution in [0.4, 0.5) is 5.69 Å². The molecule has 4 aliphatic carbocycles. The third-order valence-electron chi connectivity index (χ3n) is 9.19. The number of allylic oxidation sites excluding steroid dienone is 9. The summed E-state index contributed by atoms with van der Waals surface area (Å²) in [4.78, 5) is 0. The van der Waals surface area contributed by atoms with Crippen LogP contribution in [-0.2, 0) is 5.41 Å². The van der Waals surface area contributed by atoms with Gasteiger partial charge in [0, 0.05) is 16.8 Å². The minimum atomic E-state index is -0.187. The van der Waals surface area contributed by atoms with Crippen molar-refractivity contribution >= 4 is 17.3 Å². The van der Waals surface area contributed by atoms with Crippen LogP contribution in [0.1, 0.15) is 41.1 Å². The molecule has 5 unspecified atom stereocenters. The summed E-state index contributed by atoms with van der Waals surface area (Å²) in [5.41, 5.74) is 17.9. The average molecular weight is 505 g/mol. The van der Waals surface area contributed by atoms with E-state index in [4.69, 9.17) is 5.73 Å². The summed E-state index contributed by atoms with van der Waals surface area (Å²) in [7, 11) is 0. The molecule has 3 aromatic rings. The SMILES string of the molecule is NC(/C=C1/C=Cc2ccccc2N1)c1ccc(-c2cc(C3=CC4CC4C=C3)cc(C34C=CC=CC3C4)c2)cc1. The largest absolute Gasteiger partial charge is 0.355 e. The van der Waals surface area contributed by atoms with E-state index in [2.05, 4.69) is 133 Å². The third kappa shape index (κ3) is 4.07. The van der Waals surface area contributed by atoms with Gasteiger partial charge in [0.25, 0.3) is 0 Å². The molecule has 1 aliphatic heterocycles. The number of rotatable bonds is 5. The van der Waals surface area contributed by atoms with Gasteiger partial charge in [-0.25, -0.2) is 0 Å². The zero-order valence-electron chi connectivity index (χ0n) is 21.9. The first-order valence-electron chi connectivity index (χ1n) is 14.2. The smallest absolute Gasteiger partial charge is 0.0504 e. The number of anilines is 1. The highest BCUT2D eigenvalue weighted by Gasteiger charge is 2.52. The van der Waals surface area contributed by atoms with Gasteiger partial charge in [-0.15, -0.1) is 0 Å². The Kier molecular flexibility index (Phi) is 5.08. The summed E-state index contributed by atoms with van der Waals surface area (Å²) < 4.78 is 0. The Morgan fingerprint density at radius 1 is 0.846 bits per heavy atom. The van der Waals surface area contributed by atoms with E-state index in [-0.39, 0.29) is 11.5 Å². The molecule has 0 aromatic heterocycles. The predicted octanol–water partition coefficient (Wildman–Crippen LogP) is 8.35. The summed E-state index contributed by atoms with van der Waals surface area (Å²) in [6.07, 6.45) is 25.3. The number of hydrogen-bond donors (Lipinski definition) is 2. The maximum absolute atomic E-state index is 6.64. The molecule has 0 radical (unpaired) electrons. The Bertz CT molecular complexity index is 1660. The number of benzene rings is 3. The molecule has 190 valence electrons. The van der Waals surface area contributed by atoms with Crippen molar-refractivity contribution in [1.29, 1.82) is 0 Å². The Hall–Kier alpha value is -4.14. The van der Waals surface area contributed by atoms with Gasteiger partial charge in [0.1, 0.15) is 0 Å². The Morgan fingerprint density at radius 3 is 2.59 bits per heavy atom. The zero-order valence-corrected chi connectivity index (χ0v) is 21.9. The molecule has 5 atom stereocenters. The lowest BCUT2D eigenvalue weighted by Crippen LogP contribution is -2.11. The van der Waals surface area contributed by atoms with Gasteiger partial charge in [0.15, 0.2) is 0 Å². The molecule has 2 nitrogen and oxygen atoms in total. The van der Waals surface area contributed by atoms with Crippen LogP contribution in [-0.4, -0.2) is 0 Å². The van der Waals surface area contributed by atoms with Crippen molar-refractivity contribution in [2.24, 2.45) is 23.5 Å². The molecule has 0 saturated heterocycles. The second kappa shape index (κ2) is 8.69. The Labute approximate surface area is 230 Å². The average Bonchev–Trinajstić information content (AvgIpc) is 3.91. The minimum absolute atomic E-state index is 0.161. The summed E-state index contributed by atoms with van der Waals surface area (Å²) >= 11 is 0. The molecular formula is C37H32N2.